The van der Waals surface area contributed by atoms with E-state index < -0.39 is 5.97 Å². The van der Waals surface area contributed by atoms with Gasteiger partial charge in [0.2, 0.25) is 0 Å². The minimum atomic E-state index is -0.985. The van der Waals surface area contributed by atoms with Crippen LogP contribution in [0.1, 0.15) is 96.1 Å². The third-order valence-electron chi connectivity index (χ3n) is 10.5. The lowest BCUT2D eigenvalue weighted by molar-refractivity contribution is 0.0690. The Balaban J connectivity index is 0.885. The molecular weight excluding hydrogens is 616 g/mol. The summed E-state index contributed by atoms with van der Waals surface area (Å²) in [5.41, 5.74) is 4.83. The fraction of sp³-hybridized carbons (Fsp3) is 0.447. The number of unbranched alkanes of at least 4 members (excludes halogenated alkanes) is 3. The Labute approximate surface area is 286 Å². The topological polar surface area (TPSA) is 132 Å². The zero-order valence-corrected chi connectivity index (χ0v) is 28.5. The summed E-state index contributed by atoms with van der Waals surface area (Å²) in [6.45, 7) is 5.79. The first-order valence-corrected chi connectivity index (χ1v) is 17.7. The number of carbonyl (C=O) groups is 2. The highest BCUT2D eigenvalue weighted by atomic mass is 16.4. The van der Waals surface area contributed by atoms with Gasteiger partial charge in [-0.2, -0.15) is 5.10 Å². The molecular formula is C38H46N8O3. The number of aromatic carboxylic acids is 1. The fourth-order valence-corrected chi connectivity index (χ4v) is 7.66. The molecule has 2 aliphatic rings. The van der Waals surface area contributed by atoms with Crippen LogP contribution < -0.4 is 10.2 Å². The molecule has 1 amide bonds. The van der Waals surface area contributed by atoms with E-state index in [0.717, 1.165) is 91.6 Å². The summed E-state index contributed by atoms with van der Waals surface area (Å²) in [7, 11) is 2.17. The minimum Gasteiger partial charge on any atom is -0.477 e. The minimum absolute atomic E-state index is 0.101. The van der Waals surface area contributed by atoms with Crippen LogP contribution in [0.15, 0.2) is 54.7 Å². The van der Waals surface area contributed by atoms with Crippen LogP contribution in [0.2, 0.25) is 0 Å². The second-order valence-corrected chi connectivity index (χ2v) is 13.8. The van der Waals surface area contributed by atoms with Crippen molar-refractivity contribution >= 4 is 45.3 Å². The van der Waals surface area contributed by atoms with Gasteiger partial charge in [0, 0.05) is 60.0 Å². The number of rotatable bonds is 12. The zero-order chi connectivity index (χ0) is 33.9. The molecule has 7 rings (SSSR count). The first-order valence-electron chi connectivity index (χ1n) is 17.7. The van der Waals surface area contributed by atoms with Gasteiger partial charge < -0.3 is 20.3 Å². The lowest BCUT2D eigenvalue weighted by atomic mass is 9.91. The Kier molecular flexibility index (Phi) is 9.61. The number of nitrogens with one attached hydrogen (secondary N) is 2. The SMILES string of the molecule is Cc1nn(CCCCCCC2CCN(c3cccc(C(=O)O)n3)CC2)c2cc(C(=O)Nc3cc4[nH]c([C@H]5CCCN5C)cc4cn3)ccc12. The van der Waals surface area contributed by atoms with Crippen molar-refractivity contribution < 1.29 is 14.7 Å². The van der Waals surface area contributed by atoms with Gasteiger partial charge in [-0.1, -0.05) is 37.8 Å². The molecule has 1 atom stereocenters. The molecule has 0 saturated carbocycles. The fourth-order valence-electron chi connectivity index (χ4n) is 7.66. The number of benzene rings is 1. The molecule has 11 heteroatoms. The van der Waals surface area contributed by atoms with E-state index >= 15 is 0 Å². The van der Waals surface area contributed by atoms with E-state index in [-0.39, 0.29) is 11.6 Å². The van der Waals surface area contributed by atoms with E-state index in [2.05, 4.69) is 47.9 Å². The van der Waals surface area contributed by atoms with Crippen LogP contribution in [0.4, 0.5) is 11.6 Å². The molecule has 6 heterocycles. The predicted molar refractivity (Wildman–Crippen MR) is 192 cm³/mol. The van der Waals surface area contributed by atoms with E-state index in [4.69, 9.17) is 5.10 Å². The number of aromatic amines is 1. The molecule has 2 aliphatic heterocycles. The highest BCUT2D eigenvalue weighted by molar-refractivity contribution is 6.06. The summed E-state index contributed by atoms with van der Waals surface area (Å²) in [6, 6.07) is 15.5. The van der Waals surface area contributed by atoms with E-state index in [1.165, 1.54) is 31.4 Å². The molecule has 2 saturated heterocycles. The van der Waals surface area contributed by atoms with E-state index in [1.807, 2.05) is 43.5 Å². The molecule has 0 unspecified atom stereocenters. The predicted octanol–water partition coefficient (Wildman–Crippen LogP) is 7.20. The monoisotopic (exact) mass is 662 g/mol. The number of likely N-dealkylation sites (tertiary alicyclic amines) is 1. The number of H-pyrrole nitrogens is 1. The van der Waals surface area contributed by atoms with E-state index in [1.54, 1.807) is 12.1 Å². The van der Waals surface area contributed by atoms with E-state index in [0.29, 0.717) is 23.3 Å². The Morgan fingerprint density at radius 1 is 1.00 bits per heavy atom. The Bertz CT molecular complexity index is 1960. The largest absolute Gasteiger partial charge is 0.477 e. The third kappa shape index (κ3) is 7.32. The summed E-state index contributed by atoms with van der Waals surface area (Å²) in [6.07, 6.45) is 12.2. The molecule has 0 bridgehead atoms. The second-order valence-electron chi connectivity index (χ2n) is 13.8. The number of carbonyl (C=O) groups excluding carboxylic acids is 1. The van der Waals surface area contributed by atoms with Gasteiger partial charge in [0.05, 0.1) is 16.7 Å². The maximum Gasteiger partial charge on any atom is 0.354 e. The van der Waals surface area contributed by atoms with Crippen molar-refractivity contribution in [3.63, 3.8) is 0 Å². The number of hydrogen-bond acceptors (Lipinski definition) is 7. The van der Waals surface area contributed by atoms with Crippen LogP contribution in [-0.4, -0.2) is 73.3 Å². The van der Waals surface area contributed by atoms with E-state index in [9.17, 15) is 14.7 Å². The van der Waals surface area contributed by atoms with Crippen molar-refractivity contribution in [1.29, 1.82) is 0 Å². The maximum atomic E-state index is 13.3. The highest BCUT2D eigenvalue weighted by Gasteiger charge is 2.24. The number of fused-ring (bicyclic) bond motifs is 2. The van der Waals surface area contributed by atoms with Gasteiger partial charge in [-0.15, -0.1) is 0 Å². The van der Waals surface area contributed by atoms with Crippen LogP contribution in [0, 0.1) is 12.8 Å². The average molecular weight is 663 g/mol. The van der Waals surface area contributed by atoms with Crippen LogP contribution in [0.3, 0.4) is 0 Å². The Hall–Kier alpha value is -4.77. The molecule has 2 fully saturated rings. The molecule has 3 N–H and O–H groups in total. The van der Waals surface area contributed by atoms with Gasteiger partial charge in [-0.3, -0.25) is 14.4 Å². The molecule has 1 aromatic carbocycles. The van der Waals surface area contributed by atoms with Gasteiger partial charge in [-0.25, -0.2) is 14.8 Å². The van der Waals surface area contributed by atoms with Crippen LogP contribution in [0.5, 0.6) is 0 Å². The lowest BCUT2D eigenvalue weighted by Crippen LogP contribution is -2.34. The highest BCUT2D eigenvalue weighted by Crippen LogP contribution is 2.32. The number of pyridine rings is 2. The molecule has 0 radical (unpaired) electrons. The number of carboxylic acids is 1. The smallest absolute Gasteiger partial charge is 0.354 e. The molecule has 4 aromatic heterocycles. The number of aromatic nitrogens is 5. The molecule has 49 heavy (non-hydrogen) atoms. The normalized spacial score (nSPS) is 17.3. The number of carboxylic acid groups (broad SMARTS) is 1. The quantitative estimate of drug-likeness (QED) is 0.120. The van der Waals surface area contributed by atoms with Crippen LogP contribution in [-0.2, 0) is 6.54 Å². The van der Waals surface area contributed by atoms with Crippen molar-refractivity contribution in [2.24, 2.45) is 5.92 Å². The summed E-state index contributed by atoms with van der Waals surface area (Å²) < 4.78 is 2.05. The lowest BCUT2D eigenvalue weighted by Gasteiger charge is -2.33. The van der Waals surface area contributed by atoms with Gasteiger partial charge in [-0.05, 0) is 88.9 Å². The van der Waals surface area contributed by atoms with Gasteiger partial charge in [0.15, 0.2) is 5.69 Å². The molecule has 0 spiro atoms. The first kappa shape index (κ1) is 32.8. The standard InChI is InChI=1S/C38H46N8O3/c1-25-29-14-13-27(37(47)42-35-23-31-28(24-39-35)21-32(40-31)33-11-8-17-44(33)2)22-34(29)46(43-25)18-6-4-3-5-9-26-15-19-45(20-16-26)36-12-7-10-30(41-36)38(48)49/h7,10,12-14,21-24,26,33,40H,3-6,8-9,11,15-20H2,1-2H3,(H,48,49)(H,39,42,47)/t33-/m1/s1. The van der Waals surface area contributed by atoms with Crippen molar-refractivity contribution in [2.75, 3.05) is 36.9 Å². The number of amides is 1. The number of hydrogen-bond donors (Lipinski definition) is 3. The molecule has 11 nitrogen and oxygen atoms in total. The number of piperidine rings is 1. The second kappa shape index (κ2) is 14.4. The molecule has 5 aromatic rings. The summed E-state index contributed by atoms with van der Waals surface area (Å²) in [5.74, 6) is 0.833. The van der Waals surface area contributed by atoms with Gasteiger partial charge in [0.25, 0.3) is 5.91 Å². The Morgan fingerprint density at radius 2 is 1.84 bits per heavy atom. The number of anilines is 2. The van der Waals surface area contributed by atoms with Gasteiger partial charge in [0.1, 0.15) is 11.6 Å². The van der Waals surface area contributed by atoms with Gasteiger partial charge >= 0.3 is 5.97 Å². The number of aryl methyl sites for hydroxylation is 2. The third-order valence-corrected chi connectivity index (χ3v) is 10.5. The average Bonchev–Trinajstić information content (AvgIpc) is 3.82. The molecule has 256 valence electrons. The Morgan fingerprint density at radius 3 is 2.63 bits per heavy atom. The van der Waals surface area contributed by atoms with Crippen LogP contribution >= 0.6 is 0 Å². The van der Waals surface area contributed by atoms with Crippen molar-refractivity contribution in [3.8, 4) is 0 Å². The van der Waals surface area contributed by atoms with Crippen molar-refractivity contribution in [2.45, 2.75) is 77.3 Å². The summed E-state index contributed by atoms with van der Waals surface area (Å²) >= 11 is 0. The summed E-state index contributed by atoms with van der Waals surface area (Å²) in [4.78, 5) is 41.6. The first-order chi connectivity index (χ1) is 23.8. The van der Waals surface area contributed by atoms with Crippen LogP contribution in [0.25, 0.3) is 21.8 Å². The summed E-state index contributed by atoms with van der Waals surface area (Å²) in [5, 5.41) is 19.2. The maximum absolute atomic E-state index is 13.3. The zero-order valence-electron chi connectivity index (χ0n) is 28.5. The van der Waals surface area contributed by atoms with Crippen molar-refractivity contribution in [1.82, 2.24) is 29.6 Å². The molecule has 0 aliphatic carbocycles. The van der Waals surface area contributed by atoms with Crippen molar-refractivity contribution in [3.05, 3.63) is 77.4 Å². The number of nitrogens with zero attached hydrogens (tertiary/aromatic N) is 6.